The van der Waals surface area contributed by atoms with E-state index < -0.39 is 0 Å². The zero-order chi connectivity index (χ0) is 10.6. The van der Waals surface area contributed by atoms with Gasteiger partial charge in [0.1, 0.15) is 0 Å². The minimum absolute atomic E-state index is 0.277. The molecule has 80 valence electrons. The van der Waals surface area contributed by atoms with Crippen LogP contribution in [0.25, 0.3) is 0 Å². The second kappa shape index (κ2) is 5.85. The lowest BCUT2D eigenvalue weighted by atomic mass is 10.4. The highest BCUT2D eigenvalue weighted by molar-refractivity contribution is 9.10. The molecule has 0 radical (unpaired) electrons. The molecular formula is C10H16BrNOS. The largest absolute Gasteiger partial charge is 0.380 e. The van der Waals surface area contributed by atoms with Crippen molar-refractivity contribution in [2.45, 2.75) is 26.5 Å². The van der Waals surface area contributed by atoms with Crippen LogP contribution < -0.4 is 5.32 Å². The third-order valence-electron chi connectivity index (χ3n) is 2.04. The molecule has 0 aromatic carbocycles. The molecule has 0 spiro atoms. The molecule has 4 heteroatoms. The van der Waals surface area contributed by atoms with Gasteiger partial charge in [0.25, 0.3) is 0 Å². The van der Waals surface area contributed by atoms with Crippen LogP contribution in [0.1, 0.15) is 16.7 Å². The number of halogens is 1. The van der Waals surface area contributed by atoms with Crippen molar-refractivity contribution in [1.29, 1.82) is 0 Å². The summed E-state index contributed by atoms with van der Waals surface area (Å²) in [6.07, 6.45) is 0.277. The summed E-state index contributed by atoms with van der Waals surface area (Å²) in [5.74, 6) is 0. The van der Waals surface area contributed by atoms with Crippen molar-refractivity contribution in [1.82, 2.24) is 5.32 Å². The van der Waals surface area contributed by atoms with E-state index in [9.17, 15) is 0 Å². The Morgan fingerprint density at radius 1 is 1.64 bits per heavy atom. The van der Waals surface area contributed by atoms with Gasteiger partial charge < -0.3 is 10.1 Å². The first-order chi connectivity index (χ1) is 6.63. The van der Waals surface area contributed by atoms with E-state index in [0.717, 1.165) is 13.1 Å². The predicted molar refractivity (Wildman–Crippen MR) is 64.9 cm³/mol. The van der Waals surface area contributed by atoms with Crippen LogP contribution in [-0.2, 0) is 11.3 Å². The maximum atomic E-state index is 5.15. The third-order valence-corrected chi connectivity index (χ3v) is 4.18. The summed E-state index contributed by atoms with van der Waals surface area (Å²) in [5, 5.41) is 3.36. The summed E-state index contributed by atoms with van der Waals surface area (Å²) < 4.78 is 6.36. The normalized spacial score (nSPS) is 13.1. The first kappa shape index (κ1) is 12.2. The molecule has 1 rings (SSSR count). The maximum absolute atomic E-state index is 5.15. The molecule has 0 aliphatic carbocycles. The topological polar surface area (TPSA) is 21.3 Å². The van der Waals surface area contributed by atoms with Crippen LogP contribution in [0.3, 0.4) is 0 Å². The molecule has 0 bridgehead atoms. The molecule has 1 N–H and O–H groups in total. The van der Waals surface area contributed by atoms with Gasteiger partial charge in [-0.15, -0.1) is 11.3 Å². The van der Waals surface area contributed by atoms with Gasteiger partial charge in [0.2, 0.25) is 0 Å². The number of thiophene rings is 1. The molecule has 1 aromatic heterocycles. The van der Waals surface area contributed by atoms with Gasteiger partial charge in [-0.25, -0.2) is 0 Å². The number of ether oxygens (including phenoxy) is 1. The molecule has 14 heavy (non-hydrogen) atoms. The zero-order valence-corrected chi connectivity index (χ0v) is 11.2. The van der Waals surface area contributed by atoms with Crippen LogP contribution >= 0.6 is 27.3 Å². The molecule has 2 nitrogen and oxygen atoms in total. The Morgan fingerprint density at radius 2 is 2.36 bits per heavy atom. The highest BCUT2D eigenvalue weighted by atomic mass is 79.9. The van der Waals surface area contributed by atoms with Crippen LogP contribution in [0.2, 0.25) is 0 Å². The number of methoxy groups -OCH3 is 1. The van der Waals surface area contributed by atoms with Gasteiger partial charge in [0, 0.05) is 34.4 Å². The molecule has 1 heterocycles. The van der Waals surface area contributed by atoms with Crippen molar-refractivity contribution in [2.75, 3.05) is 13.7 Å². The van der Waals surface area contributed by atoms with E-state index in [1.807, 2.05) is 11.3 Å². The third kappa shape index (κ3) is 3.69. The summed E-state index contributed by atoms with van der Waals surface area (Å²) in [7, 11) is 1.73. The summed E-state index contributed by atoms with van der Waals surface area (Å²) in [6, 6.07) is 2.17. The van der Waals surface area contributed by atoms with Crippen LogP contribution in [0.4, 0.5) is 0 Å². The number of rotatable bonds is 5. The standard InChI is InChI=1S/C10H16BrNOS/c1-7(13-3)5-12-6-9-4-10(11)8(2)14-9/h4,7,12H,5-6H2,1-3H3. The minimum Gasteiger partial charge on any atom is -0.380 e. The maximum Gasteiger partial charge on any atom is 0.0667 e. The lowest BCUT2D eigenvalue weighted by Crippen LogP contribution is -2.25. The lowest BCUT2D eigenvalue weighted by molar-refractivity contribution is 0.117. The smallest absolute Gasteiger partial charge is 0.0667 e. The second-order valence-corrected chi connectivity index (χ2v) is 5.49. The molecule has 1 atom stereocenters. The second-order valence-electron chi connectivity index (χ2n) is 3.29. The average Bonchev–Trinajstić information content (AvgIpc) is 2.46. The van der Waals surface area contributed by atoms with E-state index in [-0.39, 0.29) is 6.10 Å². The molecular weight excluding hydrogens is 262 g/mol. The van der Waals surface area contributed by atoms with Crippen molar-refractivity contribution < 1.29 is 4.74 Å². The Bertz CT molecular complexity index is 268. The van der Waals surface area contributed by atoms with Gasteiger partial charge in [-0.05, 0) is 35.8 Å². The highest BCUT2D eigenvalue weighted by Crippen LogP contribution is 2.25. The Kier molecular flexibility index (Phi) is 5.09. The Balaban J connectivity index is 2.31. The fourth-order valence-electron chi connectivity index (χ4n) is 1.09. The van der Waals surface area contributed by atoms with Crippen LogP contribution in [0, 0.1) is 6.92 Å². The van der Waals surface area contributed by atoms with E-state index in [0.29, 0.717) is 0 Å². The van der Waals surface area contributed by atoms with Gasteiger partial charge >= 0.3 is 0 Å². The summed E-state index contributed by atoms with van der Waals surface area (Å²) in [5.41, 5.74) is 0. The summed E-state index contributed by atoms with van der Waals surface area (Å²) >= 11 is 5.33. The van der Waals surface area contributed by atoms with Crippen molar-refractivity contribution in [3.05, 3.63) is 20.3 Å². The number of hydrogen-bond donors (Lipinski definition) is 1. The molecule has 0 aliphatic heterocycles. The van der Waals surface area contributed by atoms with E-state index in [1.165, 1.54) is 14.2 Å². The van der Waals surface area contributed by atoms with Gasteiger partial charge in [-0.1, -0.05) is 0 Å². The van der Waals surface area contributed by atoms with E-state index >= 15 is 0 Å². The van der Waals surface area contributed by atoms with Crippen LogP contribution in [0.5, 0.6) is 0 Å². The molecule has 0 saturated carbocycles. The first-order valence-corrected chi connectivity index (χ1v) is 6.22. The van der Waals surface area contributed by atoms with E-state index in [2.05, 4.69) is 41.2 Å². The van der Waals surface area contributed by atoms with Crippen LogP contribution in [-0.4, -0.2) is 19.8 Å². The molecule has 1 aromatic rings. The van der Waals surface area contributed by atoms with E-state index in [1.54, 1.807) is 7.11 Å². The number of aryl methyl sites for hydroxylation is 1. The molecule has 0 aliphatic rings. The molecule has 0 saturated heterocycles. The monoisotopic (exact) mass is 277 g/mol. The van der Waals surface area contributed by atoms with Crippen molar-refractivity contribution in [3.8, 4) is 0 Å². The lowest BCUT2D eigenvalue weighted by Gasteiger charge is -2.09. The van der Waals surface area contributed by atoms with Crippen LogP contribution in [0.15, 0.2) is 10.5 Å². The van der Waals surface area contributed by atoms with Gasteiger partial charge in [0.15, 0.2) is 0 Å². The average molecular weight is 278 g/mol. The Labute approximate surface area is 97.8 Å². The first-order valence-electron chi connectivity index (χ1n) is 4.61. The number of nitrogens with one attached hydrogen (secondary N) is 1. The fourth-order valence-corrected chi connectivity index (χ4v) is 2.66. The zero-order valence-electron chi connectivity index (χ0n) is 8.76. The number of hydrogen-bond acceptors (Lipinski definition) is 3. The van der Waals surface area contributed by atoms with Crippen molar-refractivity contribution in [3.63, 3.8) is 0 Å². The molecule has 0 amide bonds. The van der Waals surface area contributed by atoms with Crippen molar-refractivity contribution in [2.24, 2.45) is 0 Å². The summed E-state index contributed by atoms with van der Waals surface area (Å²) in [4.78, 5) is 2.69. The van der Waals surface area contributed by atoms with Crippen molar-refractivity contribution >= 4 is 27.3 Å². The van der Waals surface area contributed by atoms with Gasteiger partial charge in [-0.3, -0.25) is 0 Å². The highest BCUT2D eigenvalue weighted by Gasteiger charge is 2.03. The molecule has 0 fully saturated rings. The summed E-state index contributed by atoms with van der Waals surface area (Å²) in [6.45, 7) is 5.99. The quantitative estimate of drug-likeness (QED) is 0.894. The Morgan fingerprint density at radius 3 is 2.86 bits per heavy atom. The fraction of sp³-hybridized carbons (Fsp3) is 0.600. The Hall–Kier alpha value is 0.1000. The van der Waals surface area contributed by atoms with Gasteiger partial charge in [-0.2, -0.15) is 0 Å². The SMILES string of the molecule is COC(C)CNCc1cc(Br)c(C)s1. The minimum atomic E-state index is 0.277. The predicted octanol–water partition coefficient (Wildman–Crippen LogP) is 2.94. The van der Waals surface area contributed by atoms with E-state index in [4.69, 9.17) is 4.74 Å². The molecule has 1 unspecified atom stereocenters. The van der Waals surface area contributed by atoms with Gasteiger partial charge in [0.05, 0.1) is 6.10 Å².